The standard InChI is InChI=1S/C13H10BrCl2NO3S/c14-10-3-1-8(7-18)5-13(10)21(19,20)17-12-4-2-9(15)6-11(12)16/h1-6,17-18H,7H2. The summed E-state index contributed by atoms with van der Waals surface area (Å²) in [7, 11) is -3.85. The molecule has 0 bridgehead atoms. The lowest BCUT2D eigenvalue weighted by Crippen LogP contribution is -2.14. The SMILES string of the molecule is O=S(=O)(Nc1ccc(Cl)cc1Cl)c1cc(CO)ccc1Br. The van der Waals surface area contributed by atoms with E-state index in [1.54, 1.807) is 12.1 Å². The van der Waals surface area contributed by atoms with Crippen LogP contribution in [0.1, 0.15) is 5.56 Å². The fourth-order valence-electron chi connectivity index (χ4n) is 1.62. The summed E-state index contributed by atoms with van der Waals surface area (Å²) in [5, 5.41) is 9.72. The van der Waals surface area contributed by atoms with Gasteiger partial charge in [-0.1, -0.05) is 29.3 Å². The minimum Gasteiger partial charge on any atom is -0.392 e. The highest BCUT2D eigenvalue weighted by atomic mass is 79.9. The van der Waals surface area contributed by atoms with Crippen molar-refractivity contribution in [3.63, 3.8) is 0 Å². The van der Waals surface area contributed by atoms with Crippen molar-refractivity contribution in [3.8, 4) is 0 Å². The molecule has 0 aliphatic carbocycles. The van der Waals surface area contributed by atoms with Crippen LogP contribution in [-0.4, -0.2) is 13.5 Å². The Balaban J connectivity index is 2.43. The first kappa shape index (κ1) is 16.6. The van der Waals surface area contributed by atoms with E-state index in [1.165, 1.54) is 24.3 Å². The molecule has 8 heteroatoms. The Labute approximate surface area is 140 Å². The van der Waals surface area contributed by atoms with Crippen LogP contribution in [0, 0.1) is 0 Å². The van der Waals surface area contributed by atoms with Gasteiger partial charge in [0.05, 0.1) is 17.3 Å². The van der Waals surface area contributed by atoms with Crippen LogP contribution in [0.4, 0.5) is 5.69 Å². The van der Waals surface area contributed by atoms with Crippen LogP contribution < -0.4 is 4.72 Å². The Kier molecular flexibility index (Phi) is 5.16. The number of aliphatic hydroxyl groups is 1. The maximum Gasteiger partial charge on any atom is 0.263 e. The van der Waals surface area contributed by atoms with E-state index in [4.69, 9.17) is 28.3 Å². The van der Waals surface area contributed by atoms with Gasteiger partial charge in [0.25, 0.3) is 10.0 Å². The average molecular weight is 411 g/mol. The first-order chi connectivity index (χ1) is 9.83. The molecule has 0 spiro atoms. The van der Waals surface area contributed by atoms with E-state index in [1.807, 2.05) is 0 Å². The molecule has 0 heterocycles. The minimum atomic E-state index is -3.85. The lowest BCUT2D eigenvalue weighted by atomic mass is 10.2. The summed E-state index contributed by atoms with van der Waals surface area (Å²) >= 11 is 14.9. The van der Waals surface area contributed by atoms with Crippen LogP contribution >= 0.6 is 39.1 Å². The molecule has 4 nitrogen and oxygen atoms in total. The molecule has 0 fully saturated rings. The number of aliphatic hydroxyl groups excluding tert-OH is 1. The van der Waals surface area contributed by atoms with Crippen molar-refractivity contribution >= 4 is 54.8 Å². The summed E-state index contributed by atoms with van der Waals surface area (Å²) in [5.41, 5.74) is 0.711. The quantitative estimate of drug-likeness (QED) is 0.798. The van der Waals surface area contributed by atoms with Crippen molar-refractivity contribution in [3.05, 3.63) is 56.5 Å². The Bertz CT molecular complexity index is 781. The van der Waals surface area contributed by atoms with Crippen LogP contribution in [0.25, 0.3) is 0 Å². The monoisotopic (exact) mass is 409 g/mol. The maximum atomic E-state index is 12.4. The molecule has 0 amide bonds. The largest absolute Gasteiger partial charge is 0.392 e. The number of hydrogen-bond donors (Lipinski definition) is 2. The fraction of sp³-hybridized carbons (Fsp3) is 0.0769. The second-order valence-electron chi connectivity index (χ2n) is 4.15. The highest BCUT2D eigenvalue weighted by molar-refractivity contribution is 9.10. The summed E-state index contributed by atoms with van der Waals surface area (Å²) in [6.45, 7) is -0.252. The van der Waals surface area contributed by atoms with Crippen LogP contribution in [-0.2, 0) is 16.6 Å². The molecular formula is C13H10BrCl2NO3S. The molecule has 2 aromatic carbocycles. The highest BCUT2D eigenvalue weighted by Gasteiger charge is 2.19. The van der Waals surface area contributed by atoms with E-state index in [-0.39, 0.29) is 22.2 Å². The Morgan fingerprint density at radius 3 is 2.48 bits per heavy atom. The lowest BCUT2D eigenvalue weighted by molar-refractivity contribution is 0.281. The molecule has 0 aromatic heterocycles. The summed E-state index contributed by atoms with van der Waals surface area (Å²) < 4.78 is 27.6. The molecule has 2 rings (SSSR count). The Hall–Kier alpha value is -0.790. The molecule has 0 aliphatic heterocycles. The number of nitrogens with one attached hydrogen (secondary N) is 1. The van der Waals surface area contributed by atoms with Crippen LogP contribution in [0.5, 0.6) is 0 Å². The van der Waals surface area contributed by atoms with Gasteiger partial charge in [-0.15, -0.1) is 0 Å². The molecule has 0 atom stereocenters. The number of anilines is 1. The lowest BCUT2D eigenvalue weighted by Gasteiger charge is -2.12. The normalized spacial score (nSPS) is 11.4. The van der Waals surface area contributed by atoms with Gasteiger partial charge < -0.3 is 5.11 Å². The van der Waals surface area contributed by atoms with Gasteiger partial charge in [-0.25, -0.2) is 8.42 Å². The maximum absolute atomic E-state index is 12.4. The van der Waals surface area contributed by atoms with Gasteiger partial charge >= 0.3 is 0 Å². The van der Waals surface area contributed by atoms with Crippen molar-refractivity contribution < 1.29 is 13.5 Å². The average Bonchev–Trinajstić information content (AvgIpc) is 2.42. The molecule has 0 radical (unpaired) electrons. The predicted molar refractivity (Wildman–Crippen MR) is 87.3 cm³/mol. The molecule has 21 heavy (non-hydrogen) atoms. The van der Waals surface area contributed by atoms with Gasteiger partial charge in [-0.3, -0.25) is 4.72 Å². The summed E-state index contributed by atoms with van der Waals surface area (Å²) in [4.78, 5) is 0.0140. The van der Waals surface area contributed by atoms with Crippen molar-refractivity contribution in [2.75, 3.05) is 4.72 Å². The van der Waals surface area contributed by atoms with E-state index in [2.05, 4.69) is 20.7 Å². The predicted octanol–water partition coefficient (Wildman–Crippen LogP) is 4.05. The zero-order valence-corrected chi connectivity index (χ0v) is 14.4. The number of sulfonamides is 1. The number of rotatable bonds is 4. The molecule has 0 saturated carbocycles. The van der Waals surface area contributed by atoms with Gasteiger partial charge in [-0.2, -0.15) is 0 Å². The number of hydrogen-bond acceptors (Lipinski definition) is 3. The first-order valence-corrected chi connectivity index (χ1v) is 8.74. The second kappa shape index (κ2) is 6.54. The minimum absolute atomic E-state index is 0.0140. The van der Waals surface area contributed by atoms with Crippen molar-refractivity contribution in [2.24, 2.45) is 0 Å². The summed E-state index contributed by atoms with van der Waals surface area (Å²) in [6.07, 6.45) is 0. The van der Waals surface area contributed by atoms with Crippen molar-refractivity contribution in [1.29, 1.82) is 0 Å². The molecule has 0 saturated heterocycles. The fourth-order valence-corrected chi connectivity index (χ4v) is 4.23. The third-order valence-corrected chi connectivity index (χ3v) is 5.55. The zero-order valence-electron chi connectivity index (χ0n) is 10.5. The van der Waals surface area contributed by atoms with E-state index < -0.39 is 10.0 Å². The van der Waals surface area contributed by atoms with E-state index in [9.17, 15) is 8.42 Å². The van der Waals surface area contributed by atoms with E-state index in [0.717, 1.165) is 0 Å². The van der Waals surface area contributed by atoms with Gasteiger partial charge in [-0.05, 0) is 51.8 Å². The van der Waals surface area contributed by atoms with Gasteiger partial charge in [0.1, 0.15) is 4.90 Å². The Morgan fingerprint density at radius 2 is 1.86 bits per heavy atom. The molecule has 2 N–H and O–H groups in total. The smallest absolute Gasteiger partial charge is 0.263 e. The zero-order chi connectivity index (χ0) is 15.6. The van der Waals surface area contributed by atoms with Gasteiger partial charge in [0.2, 0.25) is 0 Å². The van der Waals surface area contributed by atoms with Crippen LogP contribution in [0.15, 0.2) is 45.8 Å². The molecule has 112 valence electrons. The van der Waals surface area contributed by atoms with Gasteiger partial charge in [0.15, 0.2) is 0 Å². The summed E-state index contributed by atoms with van der Waals surface area (Å²) in [5.74, 6) is 0. The number of halogens is 3. The third-order valence-electron chi connectivity index (χ3n) is 2.64. The van der Waals surface area contributed by atoms with E-state index >= 15 is 0 Å². The van der Waals surface area contributed by atoms with Crippen molar-refractivity contribution in [2.45, 2.75) is 11.5 Å². The molecule has 0 unspecified atom stereocenters. The first-order valence-electron chi connectivity index (χ1n) is 5.70. The molecular weight excluding hydrogens is 401 g/mol. The highest BCUT2D eigenvalue weighted by Crippen LogP contribution is 2.30. The Morgan fingerprint density at radius 1 is 1.14 bits per heavy atom. The summed E-state index contributed by atoms with van der Waals surface area (Å²) in [6, 6.07) is 9.02. The molecule has 2 aromatic rings. The van der Waals surface area contributed by atoms with Crippen molar-refractivity contribution in [1.82, 2.24) is 0 Å². The van der Waals surface area contributed by atoms with E-state index in [0.29, 0.717) is 15.1 Å². The number of benzene rings is 2. The third kappa shape index (κ3) is 3.90. The second-order valence-corrected chi connectivity index (χ2v) is 7.50. The van der Waals surface area contributed by atoms with Crippen LogP contribution in [0.3, 0.4) is 0 Å². The van der Waals surface area contributed by atoms with Crippen LogP contribution in [0.2, 0.25) is 10.0 Å². The molecule has 0 aliphatic rings. The van der Waals surface area contributed by atoms with Gasteiger partial charge in [0, 0.05) is 9.50 Å². The topological polar surface area (TPSA) is 66.4 Å².